The zero-order chi connectivity index (χ0) is 30.0. The third-order valence-electron chi connectivity index (χ3n) is 8.50. The van der Waals surface area contributed by atoms with Crippen molar-refractivity contribution < 1.29 is 18.1 Å². The maximum atomic E-state index is 13.8. The Morgan fingerprint density at radius 1 is 1.02 bits per heavy atom. The fourth-order valence-electron chi connectivity index (χ4n) is 6.00. The van der Waals surface area contributed by atoms with Gasteiger partial charge in [-0.05, 0) is 109 Å². The predicted octanol–water partition coefficient (Wildman–Crippen LogP) is 3.98. The van der Waals surface area contributed by atoms with Gasteiger partial charge in [0.15, 0.2) is 4.90 Å². The summed E-state index contributed by atoms with van der Waals surface area (Å²) in [6, 6.07) is 12.5. The first-order valence-corrected chi connectivity index (χ1v) is 15.8. The van der Waals surface area contributed by atoms with Gasteiger partial charge < -0.3 is 15.1 Å². The normalized spacial score (nSPS) is 18.0. The number of fused-ring (bicyclic) bond motifs is 1. The van der Waals surface area contributed by atoms with E-state index in [9.17, 15) is 23.3 Å². The van der Waals surface area contributed by atoms with Gasteiger partial charge in [0, 0.05) is 34.8 Å². The highest BCUT2D eigenvalue weighted by atomic mass is 32.2. The lowest BCUT2D eigenvalue weighted by atomic mass is 9.92. The first-order chi connectivity index (χ1) is 20.0. The van der Waals surface area contributed by atoms with E-state index in [0.717, 1.165) is 52.4 Å². The van der Waals surface area contributed by atoms with Crippen molar-refractivity contribution in [3.05, 3.63) is 69.9 Å². The van der Waals surface area contributed by atoms with Crippen LogP contribution in [0.1, 0.15) is 42.9 Å². The van der Waals surface area contributed by atoms with Crippen LogP contribution in [0.25, 0.3) is 10.9 Å². The molecule has 1 amide bonds. The highest BCUT2D eigenvalue weighted by molar-refractivity contribution is 7.89. The molecule has 2 fully saturated rings. The van der Waals surface area contributed by atoms with Crippen LogP contribution >= 0.6 is 0 Å². The van der Waals surface area contributed by atoms with Crippen LogP contribution in [0.3, 0.4) is 0 Å². The second-order valence-electron chi connectivity index (χ2n) is 11.5. The highest BCUT2D eigenvalue weighted by Gasteiger charge is 2.38. The molecule has 2 aliphatic rings. The summed E-state index contributed by atoms with van der Waals surface area (Å²) < 4.78 is 28.8. The molecule has 0 atom stereocenters. The fourth-order valence-corrected chi connectivity index (χ4v) is 7.80. The minimum atomic E-state index is -4.34. The molecule has 0 radical (unpaired) electrons. The monoisotopic (exact) mass is 594 g/mol. The van der Waals surface area contributed by atoms with Gasteiger partial charge in [0.05, 0.1) is 17.0 Å². The molecule has 11 nitrogen and oxygen atoms in total. The van der Waals surface area contributed by atoms with Crippen molar-refractivity contribution in [3.8, 4) is 0 Å². The molecule has 0 bridgehead atoms. The molecule has 12 heteroatoms. The number of carbonyl (C=O) groups is 1. The molecule has 0 aliphatic carbocycles. The Hall–Kier alpha value is -3.45. The molecule has 3 aromatic rings. The van der Waals surface area contributed by atoms with Crippen LogP contribution in [-0.2, 0) is 14.8 Å². The largest absolute Gasteiger partial charge is 0.325 e. The molecule has 0 saturated carbocycles. The van der Waals surface area contributed by atoms with Crippen LogP contribution in [-0.4, -0.2) is 91.2 Å². The zero-order valence-electron chi connectivity index (χ0n) is 24.3. The van der Waals surface area contributed by atoms with Crippen molar-refractivity contribution in [2.45, 2.75) is 49.5 Å². The van der Waals surface area contributed by atoms with Crippen LogP contribution in [0, 0.1) is 17.0 Å². The van der Waals surface area contributed by atoms with E-state index >= 15 is 0 Å². The number of carbonyl (C=O) groups excluding carboxylic acids is 1. The standard InChI is InChI=1S/C30H38N6O5S/c1-21-18-27(22-10-14-33(2)15-11-22)32-26-9-8-23(19-25(21)26)31-30(37)20-35(24-12-16-34(3)17-13-24)42(40,41)29-7-5-4-6-28(29)36(38)39/h4-9,18-19,22,24H,10-17,20H2,1-3H3,(H,31,37). The summed E-state index contributed by atoms with van der Waals surface area (Å²) in [4.78, 5) is 33.3. The van der Waals surface area contributed by atoms with Gasteiger partial charge in [0.25, 0.3) is 15.7 Å². The lowest BCUT2D eigenvalue weighted by molar-refractivity contribution is -0.387. The van der Waals surface area contributed by atoms with E-state index in [1.165, 1.54) is 24.3 Å². The first kappa shape index (κ1) is 30.0. The number of sulfonamides is 1. The lowest BCUT2D eigenvalue weighted by Gasteiger charge is -2.36. The highest BCUT2D eigenvalue weighted by Crippen LogP contribution is 2.32. The Morgan fingerprint density at radius 2 is 1.67 bits per heavy atom. The number of aryl methyl sites for hydroxylation is 1. The van der Waals surface area contributed by atoms with Gasteiger partial charge in [-0.25, -0.2) is 8.42 Å². The number of pyridine rings is 1. The molecule has 1 N–H and O–H groups in total. The molecule has 0 spiro atoms. The topological polar surface area (TPSA) is 129 Å². The maximum absolute atomic E-state index is 13.8. The maximum Gasteiger partial charge on any atom is 0.289 e. The number of anilines is 1. The number of hydrogen-bond donors (Lipinski definition) is 1. The number of nitrogens with one attached hydrogen (secondary N) is 1. The van der Waals surface area contributed by atoms with Crippen LogP contribution < -0.4 is 5.32 Å². The number of hydrogen-bond acceptors (Lipinski definition) is 8. The number of nitro groups is 1. The molecule has 0 unspecified atom stereocenters. The number of nitrogens with zero attached hydrogens (tertiary/aromatic N) is 5. The number of likely N-dealkylation sites (tertiary alicyclic amines) is 2. The minimum Gasteiger partial charge on any atom is -0.325 e. The Labute approximate surface area is 246 Å². The number of nitro benzene ring substituents is 1. The Balaban J connectivity index is 1.38. The van der Waals surface area contributed by atoms with Gasteiger partial charge in [-0.15, -0.1) is 0 Å². The smallest absolute Gasteiger partial charge is 0.289 e. The third kappa shape index (κ3) is 6.46. The van der Waals surface area contributed by atoms with E-state index in [-0.39, 0.29) is 0 Å². The van der Waals surface area contributed by atoms with E-state index in [0.29, 0.717) is 37.5 Å². The van der Waals surface area contributed by atoms with Gasteiger partial charge in [-0.2, -0.15) is 4.31 Å². The van der Waals surface area contributed by atoms with Gasteiger partial charge in [0.1, 0.15) is 0 Å². The molecular formula is C30H38N6O5S. The average Bonchev–Trinajstić information content (AvgIpc) is 2.97. The number of amides is 1. The Kier molecular flexibility index (Phi) is 8.88. The molecule has 2 aromatic carbocycles. The SMILES string of the molecule is Cc1cc(C2CCN(C)CC2)nc2ccc(NC(=O)CN(C3CCN(C)CC3)S(=O)(=O)c3ccccc3[N+](=O)[O-])cc12. The molecule has 1 aromatic heterocycles. The van der Waals surface area contributed by atoms with Crippen molar-refractivity contribution in [1.29, 1.82) is 0 Å². The summed E-state index contributed by atoms with van der Waals surface area (Å²) in [6.07, 6.45) is 3.19. The van der Waals surface area contributed by atoms with Gasteiger partial charge >= 0.3 is 0 Å². The molecule has 3 heterocycles. The summed E-state index contributed by atoms with van der Waals surface area (Å²) in [5, 5.41) is 15.4. The molecule has 42 heavy (non-hydrogen) atoms. The van der Waals surface area contributed by atoms with Crippen molar-refractivity contribution >= 4 is 38.2 Å². The van der Waals surface area contributed by atoms with E-state index in [4.69, 9.17) is 4.98 Å². The number of para-hydroxylation sites is 1. The van der Waals surface area contributed by atoms with Crippen LogP contribution in [0.2, 0.25) is 0 Å². The van der Waals surface area contributed by atoms with Crippen molar-refractivity contribution in [1.82, 2.24) is 19.1 Å². The van der Waals surface area contributed by atoms with E-state index in [1.807, 2.05) is 26.1 Å². The van der Waals surface area contributed by atoms with E-state index in [2.05, 4.69) is 28.2 Å². The molecule has 2 saturated heterocycles. The predicted molar refractivity (Wildman–Crippen MR) is 162 cm³/mol. The molecule has 5 rings (SSSR count). The van der Waals surface area contributed by atoms with Crippen LogP contribution in [0.4, 0.5) is 11.4 Å². The average molecular weight is 595 g/mol. The Morgan fingerprint density at radius 3 is 2.33 bits per heavy atom. The molecular weight excluding hydrogens is 556 g/mol. The van der Waals surface area contributed by atoms with Crippen molar-refractivity contribution in [2.75, 3.05) is 52.1 Å². The summed E-state index contributed by atoms with van der Waals surface area (Å²) in [5.41, 5.74) is 3.05. The Bertz CT molecular complexity index is 1580. The van der Waals surface area contributed by atoms with Gasteiger partial charge in [-0.1, -0.05) is 12.1 Å². The van der Waals surface area contributed by atoms with Crippen LogP contribution in [0.5, 0.6) is 0 Å². The number of benzene rings is 2. The van der Waals surface area contributed by atoms with Crippen molar-refractivity contribution in [2.24, 2.45) is 0 Å². The second kappa shape index (κ2) is 12.4. The number of rotatable bonds is 8. The van der Waals surface area contributed by atoms with E-state index in [1.54, 1.807) is 6.07 Å². The number of piperidine rings is 2. The summed E-state index contributed by atoms with van der Waals surface area (Å²) >= 11 is 0. The molecule has 2 aliphatic heterocycles. The van der Waals surface area contributed by atoms with Gasteiger partial charge in [0.2, 0.25) is 5.91 Å². The zero-order valence-corrected chi connectivity index (χ0v) is 25.1. The lowest BCUT2D eigenvalue weighted by Crippen LogP contribution is -2.49. The van der Waals surface area contributed by atoms with E-state index < -0.39 is 44.0 Å². The summed E-state index contributed by atoms with van der Waals surface area (Å²) in [7, 11) is -0.249. The van der Waals surface area contributed by atoms with Gasteiger partial charge in [-0.3, -0.25) is 19.9 Å². The van der Waals surface area contributed by atoms with Crippen molar-refractivity contribution in [3.63, 3.8) is 0 Å². The quantitative estimate of drug-likeness (QED) is 0.306. The van der Waals surface area contributed by atoms with Crippen LogP contribution in [0.15, 0.2) is 53.4 Å². The number of aromatic nitrogens is 1. The second-order valence-corrected chi connectivity index (χ2v) is 13.4. The third-order valence-corrected chi connectivity index (χ3v) is 10.4. The minimum absolute atomic E-state index is 0.408. The summed E-state index contributed by atoms with van der Waals surface area (Å²) in [6.45, 7) is 5.01. The molecule has 224 valence electrons. The summed E-state index contributed by atoms with van der Waals surface area (Å²) in [5.74, 6) is -0.0828. The first-order valence-electron chi connectivity index (χ1n) is 14.4. The fraction of sp³-hybridized carbons (Fsp3) is 0.467.